The van der Waals surface area contributed by atoms with Gasteiger partial charge in [-0.3, -0.25) is 9.98 Å². The highest BCUT2D eigenvalue weighted by molar-refractivity contribution is 6.31. The van der Waals surface area contributed by atoms with Crippen molar-refractivity contribution in [3.63, 3.8) is 0 Å². The zero-order chi connectivity index (χ0) is 20.9. The molecule has 0 bridgehead atoms. The van der Waals surface area contributed by atoms with Crippen LogP contribution < -0.4 is 10.6 Å². The Kier molecular flexibility index (Phi) is 6.93. The molecule has 0 radical (unpaired) electrons. The Labute approximate surface area is 188 Å². The lowest BCUT2D eigenvalue weighted by Crippen LogP contribution is -2.39. The number of nitrogens with one attached hydrogen (secondary N) is 2. The summed E-state index contributed by atoms with van der Waals surface area (Å²) in [5.41, 5.74) is 4.88. The Morgan fingerprint density at radius 3 is 1.73 bits per heavy atom. The Morgan fingerprint density at radius 2 is 1.27 bits per heavy atom. The van der Waals surface area contributed by atoms with Crippen molar-refractivity contribution in [3.8, 4) is 0 Å². The second-order valence-corrected chi connectivity index (χ2v) is 8.59. The number of likely N-dealkylation sites (N-methyl/N-ethyl adjacent to an activating group) is 1. The van der Waals surface area contributed by atoms with Gasteiger partial charge < -0.3 is 15.5 Å². The Hall–Kier alpha value is -2.08. The van der Waals surface area contributed by atoms with Gasteiger partial charge >= 0.3 is 0 Å². The first-order valence-electron chi connectivity index (χ1n) is 10.4. The quantitative estimate of drug-likeness (QED) is 0.718. The van der Waals surface area contributed by atoms with E-state index in [2.05, 4.69) is 44.7 Å². The fraction of sp³-hybridized carbons (Fsp3) is 0.391. The summed E-state index contributed by atoms with van der Waals surface area (Å²) in [5, 5.41) is 8.56. The van der Waals surface area contributed by atoms with Crippen LogP contribution in [0.2, 0.25) is 10.0 Å². The van der Waals surface area contributed by atoms with Crippen molar-refractivity contribution in [3.05, 3.63) is 68.7 Å². The largest absolute Gasteiger partial charge is 0.369 e. The van der Waals surface area contributed by atoms with Crippen molar-refractivity contribution in [2.75, 3.05) is 46.3 Å². The normalized spacial score (nSPS) is 15.2. The highest BCUT2D eigenvalue weighted by Gasteiger charge is 2.15. The van der Waals surface area contributed by atoms with E-state index in [-0.39, 0.29) is 0 Å². The van der Waals surface area contributed by atoms with Crippen LogP contribution in [0.15, 0.2) is 46.4 Å². The summed E-state index contributed by atoms with van der Waals surface area (Å²) in [7, 11) is 2.14. The molecule has 7 heteroatoms. The van der Waals surface area contributed by atoms with Crippen LogP contribution in [0.3, 0.4) is 0 Å². The summed E-state index contributed by atoms with van der Waals surface area (Å²) in [4.78, 5) is 11.6. The van der Waals surface area contributed by atoms with E-state index < -0.39 is 0 Å². The van der Waals surface area contributed by atoms with Crippen LogP contribution in [0, 0.1) is 0 Å². The van der Waals surface area contributed by atoms with Crippen molar-refractivity contribution < 1.29 is 0 Å². The van der Waals surface area contributed by atoms with Gasteiger partial charge in [0, 0.05) is 60.4 Å². The van der Waals surface area contributed by atoms with Crippen molar-refractivity contribution in [1.82, 2.24) is 15.5 Å². The molecule has 2 aliphatic heterocycles. The average molecular weight is 444 g/mol. The molecular formula is C23H27Cl2N5. The zero-order valence-corrected chi connectivity index (χ0v) is 18.7. The number of hydrogen-bond donors (Lipinski definition) is 2. The molecule has 0 saturated carbocycles. The van der Waals surface area contributed by atoms with Crippen molar-refractivity contribution >= 4 is 34.9 Å². The van der Waals surface area contributed by atoms with E-state index in [1.54, 1.807) is 0 Å². The van der Waals surface area contributed by atoms with E-state index in [0.29, 0.717) is 0 Å². The topological polar surface area (TPSA) is 52.0 Å². The summed E-state index contributed by atoms with van der Waals surface area (Å²) >= 11 is 12.2. The molecule has 0 atom stereocenters. The van der Waals surface area contributed by atoms with E-state index in [9.17, 15) is 0 Å². The molecule has 2 N–H and O–H groups in total. The van der Waals surface area contributed by atoms with E-state index >= 15 is 0 Å². The molecule has 0 saturated heterocycles. The lowest BCUT2D eigenvalue weighted by atomic mass is 10.0. The maximum absolute atomic E-state index is 6.12. The second-order valence-electron chi connectivity index (χ2n) is 7.72. The monoisotopic (exact) mass is 443 g/mol. The van der Waals surface area contributed by atoms with Gasteiger partial charge in [0.2, 0.25) is 0 Å². The van der Waals surface area contributed by atoms with E-state index in [0.717, 1.165) is 73.8 Å². The third-order valence-corrected chi connectivity index (χ3v) is 5.99. The Bertz CT molecular complexity index is 893. The van der Waals surface area contributed by atoms with Gasteiger partial charge in [0.15, 0.2) is 0 Å². The molecule has 2 heterocycles. The SMILES string of the molecule is CN(CCNC1=NCCc2cc(Cl)ccc21)CCNC1=NCCc2cc(Cl)ccc21. The molecule has 2 aliphatic rings. The number of amidine groups is 2. The van der Waals surface area contributed by atoms with Crippen molar-refractivity contribution in [1.29, 1.82) is 0 Å². The molecule has 5 nitrogen and oxygen atoms in total. The minimum Gasteiger partial charge on any atom is -0.369 e. The molecule has 2 aromatic rings. The van der Waals surface area contributed by atoms with Crippen LogP contribution in [-0.2, 0) is 12.8 Å². The predicted octanol–water partition coefficient (Wildman–Crippen LogP) is 3.41. The summed E-state index contributed by atoms with van der Waals surface area (Å²) in [6.07, 6.45) is 1.90. The summed E-state index contributed by atoms with van der Waals surface area (Å²) in [5.74, 6) is 1.96. The van der Waals surface area contributed by atoms with Crippen LogP contribution in [0.25, 0.3) is 0 Å². The zero-order valence-electron chi connectivity index (χ0n) is 17.2. The lowest BCUT2D eigenvalue weighted by Gasteiger charge is -2.22. The molecule has 0 aliphatic carbocycles. The van der Waals surface area contributed by atoms with Crippen molar-refractivity contribution in [2.24, 2.45) is 9.98 Å². The second kappa shape index (κ2) is 9.82. The summed E-state index contributed by atoms with van der Waals surface area (Å²) in [6, 6.07) is 12.1. The predicted molar refractivity (Wildman–Crippen MR) is 127 cm³/mol. The Balaban J connectivity index is 1.22. The van der Waals surface area contributed by atoms with Gasteiger partial charge in [-0.1, -0.05) is 23.2 Å². The number of rotatable bonds is 6. The molecule has 2 aromatic carbocycles. The molecule has 0 aromatic heterocycles. The molecule has 30 heavy (non-hydrogen) atoms. The maximum atomic E-state index is 6.12. The standard InChI is InChI=1S/C23H27Cl2N5/c1-30(12-10-28-22-20-4-2-18(24)14-16(20)6-8-26-22)13-11-29-23-21-5-3-19(25)15-17(21)7-9-27-23/h2-5,14-15H,6-13H2,1H3,(H,26,28)(H,27,29). The number of nitrogens with zero attached hydrogens (tertiary/aromatic N) is 3. The highest BCUT2D eigenvalue weighted by atomic mass is 35.5. The van der Waals surface area contributed by atoms with Crippen LogP contribution in [0.5, 0.6) is 0 Å². The first kappa shape index (κ1) is 21.2. The molecule has 0 spiro atoms. The van der Waals surface area contributed by atoms with Gasteiger partial charge in [0.25, 0.3) is 0 Å². The number of hydrogen-bond acceptors (Lipinski definition) is 5. The van der Waals surface area contributed by atoms with E-state index in [1.807, 2.05) is 24.3 Å². The van der Waals surface area contributed by atoms with Crippen LogP contribution >= 0.6 is 23.2 Å². The fourth-order valence-electron chi connectivity index (χ4n) is 3.89. The van der Waals surface area contributed by atoms with E-state index in [4.69, 9.17) is 23.2 Å². The summed E-state index contributed by atoms with van der Waals surface area (Å²) < 4.78 is 0. The molecule has 0 amide bonds. The third kappa shape index (κ3) is 5.15. The van der Waals surface area contributed by atoms with Gasteiger partial charge in [-0.05, 0) is 67.4 Å². The maximum Gasteiger partial charge on any atom is 0.128 e. The lowest BCUT2D eigenvalue weighted by molar-refractivity contribution is 0.343. The number of benzene rings is 2. The van der Waals surface area contributed by atoms with Crippen LogP contribution in [0.1, 0.15) is 22.3 Å². The first-order valence-corrected chi connectivity index (χ1v) is 11.2. The molecule has 0 fully saturated rings. The highest BCUT2D eigenvalue weighted by Crippen LogP contribution is 2.21. The van der Waals surface area contributed by atoms with Crippen molar-refractivity contribution in [2.45, 2.75) is 12.8 Å². The number of halogens is 2. The minimum absolute atomic E-state index is 0.788. The fourth-order valence-corrected chi connectivity index (χ4v) is 4.28. The number of aliphatic imine (C=N–C) groups is 2. The molecule has 0 unspecified atom stereocenters. The Morgan fingerprint density at radius 1 is 0.800 bits per heavy atom. The van der Waals surface area contributed by atoms with E-state index in [1.165, 1.54) is 22.3 Å². The smallest absolute Gasteiger partial charge is 0.128 e. The third-order valence-electron chi connectivity index (χ3n) is 5.52. The first-order chi connectivity index (χ1) is 14.6. The van der Waals surface area contributed by atoms with Gasteiger partial charge in [-0.25, -0.2) is 0 Å². The van der Waals surface area contributed by atoms with Gasteiger partial charge in [0.1, 0.15) is 11.7 Å². The van der Waals surface area contributed by atoms with Crippen LogP contribution in [0.4, 0.5) is 0 Å². The average Bonchev–Trinajstić information content (AvgIpc) is 2.73. The minimum atomic E-state index is 0.788. The summed E-state index contributed by atoms with van der Waals surface area (Å²) in [6.45, 7) is 5.18. The van der Waals surface area contributed by atoms with Gasteiger partial charge in [0.05, 0.1) is 0 Å². The number of fused-ring (bicyclic) bond motifs is 2. The molecular weight excluding hydrogens is 417 g/mol. The molecule has 4 rings (SSSR count). The molecule has 158 valence electrons. The van der Waals surface area contributed by atoms with Crippen LogP contribution in [-0.4, -0.2) is 62.9 Å². The van der Waals surface area contributed by atoms with Gasteiger partial charge in [-0.15, -0.1) is 0 Å². The van der Waals surface area contributed by atoms with Gasteiger partial charge in [-0.2, -0.15) is 0 Å².